The normalized spacial score (nSPS) is 15.9. The van der Waals surface area contributed by atoms with E-state index in [1.807, 2.05) is 0 Å². The van der Waals surface area contributed by atoms with Crippen LogP contribution in [0, 0.1) is 0 Å². The van der Waals surface area contributed by atoms with Gasteiger partial charge in [0.25, 0.3) is 5.91 Å². The molecule has 1 aromatic rings. The fourth-order valence-corrected chi connectivity index (χ4v) is 1.92. The van der Waals surface area contributed by atoms with Crippen molar-refractivity contribution in [1.82, 2.24) is 4.90 Å². The molecule has 1 aliphatic rings. The Bertz CT molecular complexity index is 499. The maximum atomic E-state index is 11.9. The summed E-state index contributed by atoms with van der Waals surface area (Å²) in [6, 6.07) is 7.00. The smallest absolute Gasteiger partial charge is 0.260 e. The molecule has 1 heterocycles. The van der Waals surface area contributed by atoms with Gasteiger partial charge in [-0.25, -0.2) is 4.99 Å². The van der Waals surface area contributed by atoms with Crippen LogP contribution in [0.1, 0.15) is 0 Å². The molecular weight excluding hydrogens is 294 g/mol. The van der Waals surface area contributed by atoms with E-state index in [1.165, 1.54) is 0 Å². The zero-order valence-electron chi connectivity index (χ0n) is 11.6. The Morgan fingerprint density at radius 3 is 2.62 bits per heavy atom. The molecule has 0 bridgehead atoms. The van der Waals surface area contributed by atoms with E-state index in [9.17, 15) is 4.79 Å². The van der Waals surface area contributed by atoms with Gasteiger partial charge < -0.3 is 20.1 Å². The number of ether oxygens (including phenoxy) is 2. The second-order valence-electron chi connectivity index (χ2n) is 4.51. The number of benzene rings is 1. The van der Waals surface area contributed by atoms with Gasteiger partial charge in [-0.05, 0) is 24.3 Å². The lowest BCUT2D eigenvalue weighted by molar-refractivity contribution is -0.137. The van der Waals surface area contributed by atoms with Crippen molar-refractivity contribution >= 4 is 29.0 Å². The zero-order chi connectivity index (χ0) is 15.1. The fraction of sp³-hybridized carbons (Fsp3) is 0.429. The molecule has 1 amide bonds. The highest BCUT2D eigenvalue weighted by Gasteiger charge is 2.16. The second kappa shape index (κ2) is 7.85. The van der Waals surface area contributed by atoms with Crippen molar-refractivity contribution in [2.75, 3.05) is 38.8 Å². The molecule has 1 aromatic carbocycles. The Balaban J connectivity index is 1.84. The highest BCUT2D eigenvalue weighted by atomic mass is 35.5. The number of hydrogen-bond donors (Lipinski definition) is 1. The van der Waals surface area contributed by atoms with Crippen LogP contribution < -0.4 is 10.5 Å². The molecule has 1 saturated heterocycles. The summed E-state index contributed by atoms with van der Waals surface area (Å²) in [6.07, 6.45) is 0. The van der Waals surface area contributed by atoms with Crippen LogP contribution >= 0.6 is 11.6 Å². The summed E-state index contributed by atoms with van der Waals surface area (Å²) in [7, 11) is 0. The number of amidine groups is 1. The molecule has 2 rings (SSSR count). The van der Waals surface area contributed by atoms with Crippen molar-refractivity contribution in [2.45, 2.75) is 0 Å². The van der Waals surface area contributed by atoms with Gasteiger partial charge >= 0.3 is 0 Å². The van der Waals surface area contributed by atoms with Gasteiger partial charge in [-0.15, -0.1) is 11.6 Å². The number of rotatable bonds is 5. The molecule has 0 spiro atoms. The number of nitrogens with two attached hydrogens (primary N) is 1. The number of aliphatic imine (C=N–C) groups is 1. The largest absolute Gasteiger partial charge is 0.484 e. The Morgan fingerprint density at radius 2 is 2.00 bits per heavy atom. The van der Waals surface area contributed by atoms with E-state index >= 15 is 0 Å². The number of hydrogen-bond acceptors (Lipinski definition) is 4. The number of carbonyl (C=O) groups excluding carboxylic acids is 1. The lowest BCUT2D eigenvalue weighted by atomic mass is 10.3. The van der Waals surface area contributed by atoms with Crippen molar-refractivity contribution in [3.8, 4) is 5.75 Å². The molecule has 0 aromatic heterocycles. The van der Waals surface area contributed by atoms with E-state index in [1.54, 1.807) is 29.2 Å². The molecule has 2 N–H and O–H groups in total. The third-order valence-corrected chi connectivity index (χ3v) is 3.25. The van der Waals surface area contributed by atoms with Gasteiger partial charge in [-0.2, -0.15) is 0 Å². The molecule has 21 heavy (non-hydrogen) atoms. The first kappa shape index (κ1) is 15.6. The van der Waals surface area contributed by atoms with Crippen LogP contribution in [0.5, 0.6) is 5.75 Å². The molecule has 1 fully saturated rings. The predicted molar refractivity (Wildman–Crippen MR) is 81.3 cm³/mol. The summed E-state index contributed by atoms with van der Waals surface area (Å²) in [6.45, 7) is 2.43. The predicted octanol–water partition coefficient (Wildman–Crippen LogP) is 1.15. The standard InChI is InChI=1S/C14H18ClN3O3/c15-9-13(16)17-11-1-3-12(4-2-11)21-10-14(19)18-5-7-20-8-6-18/h1-4H,5-10H2,(H2,16,17). The van der Waals surface area contributed by atoms with E-state index in [-0.39, 0.29) is 18.4 Å². The first-order valence-corrected chi connectivity index (χ1v) is 7.20. The Morgan fingerprint density at radius 1 is 1.33 bits per heavy atom. The first-order chi connectivity index (χ1) is 10.2. The monoisotopic (exact) mass is 311 g/mol. The van der Waals surface area contributed by atoms with Gasteiger partial charge in [0.2, 0.25) is 0 Å². The molecule has 0 atom stereocenters. The highest BCUT2D eigenvalue weighted by Crippen LogP contribution is 2.18. The Hall–Kier alpha value is -1.79. The SMILES string of the molecule is NC(CCl)=Nc1ccc(OCC(=O)N2CCOCC2)cc1. The maximum absolute atomic E-state index is 11.9. The minimum atomic E-state index is -0.0354. The lowest BCUT2D eigenvalue weighted by Gasteiger charge is -2.26. The van der Waals surface area contributed by atoms with Gasteiger partial charge in [-0.3, -0.25) is 4.79 Å². The van der Waals surface area contributed by atoms with E-state index in [2.05, 4.69) is 4.99 Å². The molecule has 0 radical (unpaired) electrons. The minimum absolute atomic E-state index is 0.0203. The lowest BCUT2D eigenvalue weighted by Crippen LogP contribution is -2.42. The summed E-state index contributed by atoms with van der Waals surface area (Å²) in [5.41, 5.74) is 6.24. The number of alkyl halides is 1. The van der Waals surface area contributed by atoms with Gasteiger partial charge in [0.15, 0.2) is 6.61 Å². The number of nitrogens with zero attached hydrogens (tertiary/aromatic N) is 2. The van der Waals surface area contributed by atoms with E-state index in [0.717, 1.165) is 0 Å². The van der Waals surface area contributed by atoms with Crippen LogP contribution in [-0.4, -0.2) is 55.4 Å². The molecule has 0 unspecified atom stereocenters. The van der Waals surface area contributed by atoms with Crippen LogP contribution in [0.2, 0.25) is 0 Å². The summed E-state index contributed by atoms with van der Waals surface area (Å²) >= 11 is 5.56. The van der Waals surface area contributed by atoms with E-state index in [0.29, 0.717) is 43.6 Å². The van der Waals surface area contributed by atoms with Crippen molar-refractivity contribution in [3.05, 3.63) is 24.3 Å². The topological polar surface area (TPSA) is 77.2 Å². The summed E-state index contributed by atoms with van der Waals surface area (Å²) in [4.78, 5) is 17.8. The van der Waals surface area contributed by atoms with Crippen molar-refractivity contribution < 1.29 is 14.3 Å². The molecule has 7 heteroatoms. The third-order valence-electron chi connectivity index (χ3n) is 2.97. The molecule has 6 nitrogen and oxygen atoms in total. The average Bonchev–Trinajstić information content (AvgIpc) is 2.54. The number of amides is 1. The summed E-state index contributed by atoms with van der Waals surface area (Å²) in [5.74, 6) is 1.12. The third kappa shape index (κ3) is 4.91. The van der Waals surface area contributed by atoms with Crippen molar-refractivity contribution in [1.29, 1.82) is 0 Å². The van der Waals surface area contributed by atoms with Gasteiger partial charge in [0, 0.05) is 13.1 Å². The van der Waals surface area contributed by atoms with Crippen LogP contribution in [0.15, 0.2) is 29.3 Å². The van der Waals surface area contributed by atoms with Crippen LogP contribution in [-0.2, 0) is 9.53 Å². The summed E-state index contributed by atoms with van der Waals surface area (Å²) < 4.78 is 10.7. The van der Waals surface area contributed by atoms with Gasteiger partial charge in [-0.1, -0.05) is 0 Å². The van der Waals surface area contributed by atoms with E-state index < -0.39 is 0 Å². The first-order valence-electron chi connectivity index (χ1n) is 6.66. The van der Waals surface area contributed by atoms with Gasteiger partial charge in [0.05, 0.1) is 24.8 Å². The number of carbonyl (C=O) groups is 1. The number of halogens is 1. The number of morpholine rings is 1. The Kier molecular flexibility index (Phi) is 5.83. The minimum Gasteiger partial charge on any atom is -0.484 e. The maximum Gasteiger partial charge on any atom is 0.260 e. The molecular formula is C14H18ClN3O3. The van der Waals surface area contributed by atoms with E-state index in [4.69, 9.17) is 26.8 Å². The molecule has 1 aliphatic heterocycles. The fourth-order valence-electron chi connectivity index (χ4n) is 1.86. The molecule has 114 valence electrons. The van der Waals surface area contributed by atoms with Crippen LogP contribution in [0.4, 0.5) is 5.69 Å². The van der Waals surface area contributed by atoms with Crippen LogP contribution in [0.3, 0.4) is 0 Å². The Labute approximate surface area is 128 Å². The van der Waals surface area contributed by atoms with Crippen molar-refractivity contribution in [3.63, 3.8) is 0 Å². The molecule has 0 aliphatic carbocycles. The van der Waals surface area contributed by atoms with Crippen molar-refractivity contribution in [2.24, 2.45) is 10.7 Å². The van der Waals surface area contributed by atoms with Crippen LogP contribution in [0.25, 0.3) is 0 Å². The quantitative estimate of drug-likeness (QED) is 0.503. The second-order valence-corrected chi connectivity index (χ2v) is 4.78. The zero-order valence-corrected chi connectivity index (χ0v) is 12.4. The summed E-state index contributed by atoms with van der Waals surface area (Å²) in [5, 5.41) is 0. The average molecular weight is 312 g/mol. The highest BCUT2D eigenvalue weighted by molar-refractivity contribution is 6.28. The van der Waals surface area contributed by atoms with Gasteiger partial charge in [0.1, 0.15) is 11.6 Å². The molecule has 0 saturated carbocycles.